The van der Waals surface area contributed by atoms with Crippen LogP contribution in [0.1, 0.15) is 81.2 Å². The van der Waals surface area contributed by atoms with Crippen molar-refractivity contribution in [3.8, 4) is 22.9 Å². The number of rotatable bonds is 13. The number of amides is 4. The predicted octanol–water partition coefficient (Wildman–Crippen LogP) is 6.30. The van der Waals surface area contributed by atoms with Gasteiger partial charge >= 0.3 is 12.1 Å². The fourth-order valence-electron chi connectivity index (χ4n) is 7.22. The average molecular weight is 877 g/mol. The van der Waals surface area contributed by atoms with E-state index in [2.05, 4.69) is 43.4 Å². The van der Waals surface area contributed by atoms with Gasteiger partial charge in [0.15, 0.2) is 5.13 Å². The summed E-state index contributed by atoms with van der Waals surface area (Å²) in [4.78, 5) is 77.9. The summed E-state index contributed by atoms with van der Waals surface area (Å²) in [7, 11) is 1.46. The summed E-state index contributed by atoms with van der Waals surface area (Å²) in [6.45, 7) is 2.57. The van der Waals surface area contributed by atoms with Crippen LogP contribution in [0.2, 0.25) is 0 Å². The molecule has 6 rings (SSSR count). The van der Waals surface area contributed by atoms with Gasteiger partial charge in [-0.1, -0.05) is 40.6 Å². The van der Waals surface area contributed by atoms with Gasteiger partial charge in [-0.3, -0.25) is 14.4 Å². The van der Waals surface area contributed by atoms with Crippen LogP contribution in [0.3, 0.4) is 0 Å². The third-order valence-electron chi connectivity index (χ3n) is 10.4. The lowest BCUT2D eigenvalue weighted by atomic mass is 9.85. The summed E-state index contributed by atoms with van der Waals surface area (Å²) in [5.74, 6) is -6.06. The maximum Gasteiger partial charge on any atom is 0.408 e. The standard InChI is InChI=1S/C40H49BrN6O9S/c1-8-21-17-40(21,36(51)52)46-34(49)27-15-23(18-47(27)35(50)32(39(4,5)6)44-38(53)56-22-11-9-10-12-22)55-29-16-25(26-19-57-37(43-26)45-33(48)20(2)3)42-31-24(29)13-14-28(54-7)30(31)41/h8,13-14,16,19-23,27,32H,1,9-12,15,17-18H2,2-7H3,(H,44,53)(H,46,49)(H,51,52)(H,43,45,48)/t21-,23+,27+,32-,40-/m1/s1/i2D3,3D3,37+1. The van der Waals surface area contributed by atoms with Crippen molar-refractivity contribution < 1.29 is 51.5 Å². The molecule has 1 aliphatic heterocycles. The number of nitrogens with zero attached hydrogens (tertiary/aromatic N) is 3. The van der Waals surface area contributed by atoms with E-state index in [0.29, 0.717) is 34.0 Å². The summed E-state index contributed by atoms with van der Waals surface area (Å²) >= 11 is 4.45. The molecule has 2 aromatic heterocycles. The number of carboxylic acids is 1. The molecule has 2 saturated carbocycles. The van der Waals surface area contributed by atoms with Crippen LogP contribution in [-0.4, -0.2) is 93.2 Å². The molecule has 0 radical (unpaired) electrons. The minimum Gasteiger partial charge on any atom is -0.495 e. The monoisotopic (exact) mass is 875 g/mol. The number of hydrogen-bond acceptors (Lipinski definition) is 11. The van der Waals surface area contributed by atoms with Crippen LogP contribution < -0.4 is 25.4 Å². The van der Waals surface area contributed by atoms with E-state index in [1.807, 2.05) is 0 Å². The number of carboxylic acid groups (broad SMARTS) is 1. The SMILES string of the molecule is [2H]C([2H])([2H])C(C(=O)N[13c]1nc(-c2cc(O[C@H]3C[C@@H](C(=O)N[C@]4(C(=O)O)C[C@H]4C=C)N(C(=O)[C@@H](NC(=O)OC4CCCC4)C(C)(C)C)C3)c3ccc(OC)c(Br)c3n2)cs1)C([2H])([2H])[2H]. The number of carbonyl (C=O) groups excluding carboxylic acids is 4. The summed E-state index contributed by atoms with van der Waals surface area (Å²) in [6.07, 6.45) is 2.80. The minimum absolute atomic E-state index is 0.0904. The molecule has 5 atom stereocenters. The number of nitrogens with one attached hydrogen (secondary N) is 3. The van der Waals surface area contributed by atoms with Crippen molar-refractivity contribution in [3.63, 3.8) is 0 Å². The second-order valence-electron chi connectivity index (χ2n) is 15.5. The Bertz CT molecular complexity index is 2290. The van der Waals surface area contributed by atoms with Crippen LogP contribution in [0.4, 0.5) is 9.93 Å². The number of hydrogen-bond donors (Lipinski definition) is 4. The lowest BCUT2D eigenvalue weighted by Gasteiger charge is -2.35. The maximum absolute atomic E-state index is 14.7. The van der Waals surface area contributed by atoms with E-state index < -0.39 is 84.5 Å². The molecule has 3 heterocycles. The van der Waals surface area contributed by atoms with Gasteiger partial charge in [0.1, 0.15) is 47.0 Å². The average Bonchev–Trinajstić information content (AvgIpc) is 3.58. The van der Waals surface area contributed by atoms with E-state index in [4.69, 9.17) is 27.4 Å². The smallest absolute Gasteiger partial charge is 0.408 e. The Kier molecular flexibility index (Phi) is 9.99. The molecule has 2 aliphatic carbocycles. The van der Waals surface area contributed by atoms with Crippen LogP contribution in [0, 0.1) is 17.3 Å². The number of aromatic nitrogens is 2. The molecular weight excluding hydrogens is 821 g/mol. The number of likely N-dealkylation sites (tertiary alicyclic amines) is 1. The molecule has 0 unspecified atom stereocenters. The van der Waals surface area contributed by atoms with E-state index in [1.165, 1.54) is 23.5 Å². The zero-order valence-corrected chi connectivity index (χ0v) is 34.3. The highest BCUT2D eigenvalue weighted by Crippen LogP contribution is 2.45. The minimum atomic E-state index is -3.12. The number of anilines is 1. The molecule has 1 aromatic carbocycles. The largest absolute Gasteiger partial charge is 0.495 e. The van der Waals surface area contributed by atoms with Crippen LogP contribution in [0.25, 0.3) is 22.3 Å². The van der Waals surface area contributed by atoms with Crippen molar-refractivity contribution in [1.29, 1.82) is 0 Å². The first-order chi connectivity index (χ1) is 29.4. The number of aliphatic carboxylic acids is 1. The number of fused-ring (bicyclic) bond motifs is 1. The number of ether oxygens (including phenoxy) is 3. The Hall–Kier alpha value is -4.77. The predicted molar refractivity (Wildman–Crippen MR) is 217 cm³/mol. The molecule has 57 heavy (non-hydrogen) atoms. The second-order valence-corrected chi connectivity index (χ2v) is 17.1. The number of thiazole rings is 1. The highest BCUT2D eigenvalue weighted by atomic mass is 79.9. The molecule has 0 bridgehead atoms. The molecule has 306 valence electrons. The lowest BCUT2D eigenvalue weighted by Crippen LogP contribution is -2.59. The van der Waals surface area contributed by atoms with Gasteiger partial charge in [0.25, 0.3) is 0 Å². The highest BCUT2D eigenvalue weighted by molar-refractivity contribution is 9.10. The van der Waals surface area contributed by atoms with Crippen LogP contribution in [0.15, 0.2) is 40.7 Å². The third-order valence-corrected chi connectivity index (χ3v) is 12.0. The van der Waals surface area contributed by atoms with Gasteiger partial charge in [-0.25, -0.2) is 19.6 Å². The van der Waals surface area contributed by atoms with Crippen molar-refractivity contribution in [2.24, 2.45) is 17.3 Å². The molecule has 3 fully saturated rings. The Morgan fingerprint density at radius 1 is 1.12 bits per heavy atom. The zero-order chi connectivity index (χ0) is 46.4. The van der Waals surface area contributed by atoms with Crippen molar-refractivity contribution in [2.45, 2.75) is 103 Å². The van der Waals surface area contributed by atoms with E-state index in [-0.39, 0.29) is 47.8 Å². The number of halogens is 1. The van der Waals surface area contributed by atoms with Crippen molar-refractivity contribution in [1.82, 2.24) is 25.5 Å². The summed E-state index contributed by atoms with van der Waals surface area (Å²) in [6, 6.07) is 2.51. The summed E-state index contributed by atoms with van der Waals surface area (Å²) in [5.41, 5.74) is -1.73. The zero-order valence-electron chi connectivity index (χ0n) is 37.8. The van der Waals surface area contributed by atoms with Crippen molar-refractivity contribution >= 4 is 73.1 Å². The normalized spacial score (nSPS) is 24.5. The number of benzene rings is 1. The first-order valence-corrected chi connectivity index (χ1v) is 20.1. The lowest BCUT2D eigenvalue weighted by molar-refractivity contribution is -0.146. The van der Waals surface area contributed by atoms with Gasteiger partial charge < -0.3 is 40.2 Å². The Morgan fingerprint density at radius 3 is 2.49 bits per heavy atom. The molecule has 4 amide bonds. The fourth-order valence-corrected chi connectivity index (χ4v) is 8.52. The van der Waals surface area contributed by atoms with E-state index >= 15 is 0 Å². The van der Waals surface area contributed by atoms with Gasteiger partial charge in [-0.2, -0.15) is 0 Å². The molecule has 17 heteroatoms. The van der Waals surface area contributed by atoms with Gasteiger partial charge in [-0.05, 0) is 65.6 Å². The van der Waals surface area contributed by atoms with Crippen molar-refractivity contribution in [2.75, 3.05) is 19.0 Å². The van der Waals surface area contributed by atoms with Gasteiger partial charge in [-0.15, -0.1) is 17.9 Å². The Labute approximate surface area is 351 Å². The number of alkyl carbamates (subject to hydrolysis) is 1. The van der Waals surface area contributed by atoms with E-state index in [9.17, 15) is 29.1 Å². The first-order valence-electron chi connectivity index (χ1n) is 21.4. The fraction of sp³-hybridized carbons (Fsp3) is 0.525. The van der Waals surface area contributed by atoms with Crippen molar-refractivity contribution in [3.05, 3.63) is 40.7 Å². The quantitative estimate of drug-likeness (QED) is 0.141. The summed E-state index contributed by atoms with van der Waals surface area (Å²) < 4.78 is 64.1. The number of carbonyl (C=O) groups is 5. The van der Waals surface area contributed by atoms with E-state index in [1.54, 1.807) is 39.0 Å². The molecule has 3 aliphatic rings. The molecule has 4 N–H and O–H groups in total. The molecular formula is C40H49BrN6O9S. The Morgan fingerprint density at radius 2 is 1.86 bits per heavy atom. The highest BCUT2D eigenvalue weighted by Gasteiger charge is 2.61. The molecule has 0 spiro atoms. The molecule has 15 nitrogen and oxygen atoms in total. The molecule has 3 aromatic rings. The van der Waals surface area contributed by atoms with Crippen LogP contribution in [0.5, 0.6) is 11.5 Å². The van der Waals surface area contributed by atoms with Gasteiger partial charge in [0, 0.05) is 43.3 Å². The van der Waals surface area contributed by atoms with Gasteiger partial charge in [0.2, 0.25) is 17.7 Å². The Balaban J connectivity index is 1.34. The maximum atomic E-state index is 14.7. The topological polar surface area (TPSA) is 198 Å². The number of methoxy groups -OCH3 is 1. The van der Waals surface area contributed by atoms with Crippen LogP contribution >= 0.6 is 27.3 Å². The second kappa shape index (κ2) is 16.6. The third kappa shape index (κ3) is 8.88. The van der Waals surface area contributed by atoms with E-state index in [0.717, 1.165) is 24.2 Å². The van der Waals surface area contributed by atoms with Crippen LogP contribution in [-0.2, 0) is 23.9 Å². The number of pyridine rings is 1. The van der Waals surface area contributed by atoms with Gasteiger partial charge in [0.05, 0.1) is 29.3 Å². The first kappa shape index (κ1) is 34.3. The molecule has 1 saturated heterocycles. The summed E-state index contributed by atoms with van der Waals surface area (Å²) in [5, 5.41) is 19.7.